The molecule has 0 aromatic rings. The van der Waals surface area contributed by atoms with Crippen LogP contribution in [-0.4, -0.2) is 29.7 Å². The summed E-state index contributed by atoms with van der Waals surface area (Å²) in [5, 5.41) is 0. The number of ether oxygens (including phenoxy) is 1. The Morgan fingerprint density at radius 3 is 2.80 bits per heavy atom. The molecule has 0 radical (unpaired) electrons. The second-order valence-electron chi connectivity index (χ2n) is 5.11. The van der Waals surface area contributed by atoms with Crippen LogP contribution in [0.3, 0.4) is 0 Å². The summed E-state index contributed by atoms with van der Waals surface area (Å²) in [5.41, 5.74) is -0.395. The van der Waals surface area contributed by atoms with E-state index in [0.29, 0.717) is 5.92 Å². The Bertz CT molecular complexity index is 242. The van der Waals surface area contributed by atoms with E-state index in [1.165, 1.54) is 0 Å². The number of nitrogens with zero attached hydrogens (tertiary/aromatic N) is 1. The molecule has 1 unspecified atom stereocenters. The number of hydrogen-bond acceptors (Lipinski definition) is 2. The Morgan fingerprint density at radius 1 is 1.60 bits per heavy atom. The number of amides is 1. The lowest BCUT2D eigenvalue weighted by molar-refractivity contribution is 0.0288. The molecule has 1 rings (SSSR count). The van der Waals surface area contributed by atoms with E-state index in [4.69, 9.17) is 4.74 Å². The summed E-state index contributed by atoms with van der Waals surface area (Å²) < 4.78 is 5.31. The Balaban J connectivity index is 2.40. The van der Waals surface area contributed by atoms with Crippen molar-refractivity contribution in [1.82, 2.24) is 4.90 Å². The first-order valence-electron chi connectivity index (χ1n) is 5.51. The lowest BCUT2D eigenvalue weighted by Crippen LogP contribution is -2.35. The van der Waals surface area contributed by atoms with E-state index in [1.54, 1.807) is 4.90 Å². The number of rotatable bonds is 2. The predicted octanol–water partition coefficient (Wildman–Crippen LogP) is 2.82. The van der Waals surface area contributed by atoms with Gasteiger partial charge in [0.05, 0.1) is 0 Å². The van der Waals surface area contributed by atoms with Crippen LogP contribution in [-0.2, 0) is 4.74 Å². The van der Waals surface area contributed by atoms with Crippen molar-refractivity contribution < 1.29 is 9.53 Å². The van der Waals surface area contributed by atoms with E-state index < -0.39 is 5.60 Å². The molecule has 3 heteroatoms. The molecule has 0 bridgehead atoms. The molecule has 0 aromatic carbocycles. The molecule has 1 atom stereocenters. The summed E-state index contributed by atoms with van der Waals surface area (Å²) in [6.45, 7) is 11.0. The minimum atomic E-state index is -0.395. The number of likely N-dealkylation sites (tertiary alicyclic amines) is 1. The van der Waals surface area contributed by atoms with Crippen LogP contribution in [0.1, 0.15) is 33.6 Å². The molecule has 1 fully saturated rings. The topological polar surface area (TPSA) is 29.5 Å². The van der Waals surface area contributed by atoms with E-state index in [2.05, 4.69) is 6.58 Å². The first kappa shape index (κ1) is 12.1. The van der Waals surface area contributed by atoms with Crippen LogP contribution >= 0.6 is 0 Å². The van der Waals surface area contributed by atoms with Crippen LogP contribution in [0.4, 0.5) is 4.79 Å². The lowest BCUT2D eigenvalue weighted by atomic mass is 10.1. The monoisotopic (exact) mass is 211 g/mol. The van der Waals surface area contributed by atoms with Gasteiger partial charge in [-0.3, -0.25) is 0 Å². The highest BCUT2D eigenvalue weighted by molar-refractivity contribution is 5.68. The molecule has 1 saturated heterocycles. The third-order valence-corrected chi connectivity index (χ3v) is 2.44. The Morgan fingerprint density at radius 2 is 2.27 bits per heavy atom. The van der Waals surface area contributed by atoms with Gasteiger partial charge in [-0.25, -0.2) is 4.79 Å². The quantitative estimate of drug-likeness (QED) is 0.657. The maximum Gasteiger partial charge on any atom is 0.410 e. The molecular formula is C12H21NO2. The fraction of sp³-hybridized carbons (Fsp3) is 0.750. The minimum absolute atomic E-state index is 0.186. The zero-order valence-corrected chi connectivity index (χ0v) is 9.95. The standard InChI is InChI=1S/C12H21NO2/c1-5-6-10-7-8-13(9-10)11(14)15-12(2,3)4/h5,10H,1,6-9H2,2-4H3. The summed E-state index contributed by atoms with van der Waals surface area (Å²) in [7, 11) is 0. The van der Waals surface area contributed by atoms with Gasteiger partial charge in [-0.2, -0.15) is 0 Å². The molecule has 86 valence electrons. The SMILES string of the molecule is C=CCC1CCN(C(=O)OC(C)(C)C)C1. The van der Waals surface area contributed by atoms with Crippen molar-refractivity contribution in [2.75, 3.05) is 13.1 Å². The van der Waals surface area contributed by atoms with Gasteiger partial charge in [-0.05, 0) is 39.5 Å². The molecular weight excluding hydrogens is 190 g/mol. The normalized spacial score (nSPS) is 21.5. The van der Waals surface area contributed by atoms with E-state index in [-0.39, 0.29) is 6.09 Å². The molecule has 1 heterocycles. The Hall–Kier alpha value is -0.990. The van der Waals surface area contributed by atoms with E-state index >= 15 is 0 Å². The number of hydrogen-bond donors (Lipinski definition) is 0. The molecule has 1 amide bonds. The van der Waals surface area contributed by atoms with E-state index in [1.807, 2.05) is 26.8 Å². The summed E-state index contributed by atoms with van der Waals surface area (Å²) in [5.74, 6) is 0.565. The maximum absolute atomic E-state index is 11.7. The Kier molecular flexibility index (Phi) is 3.77. The average Bonchev–Trinajstić information content (AvgIpc) is 2.50. The highest BCUT2D eigenvalue weighted by Crippen LogP contribution is 2.21. The van der Waals surface area contributed by atoms with Crippen LogP contribution in [0.15, 0.2) is 12.7 Å². The molecule has 1 aliphatic rings. The smallest absolute Gasteiger partial charge is 0.410 e. The molecule has 15 heavy (non-hydrogen) atoms. The zero-order chi connectivity index (χ0) is 11.5. The van der Waals surface area contributed by atoms with Crippen molar-refractivity contribution in [3.63, 3.8) is 0 Å². The van der Waals surface area contributed by atoms with Gasteiger partial charge in [-0.15, -0.1) is 6.58 Å². The van der Waals surface area contributed by atoms with Gasteiger partial charge in [0.1, 0.15) is 5.60 Å². The summed E-state index contributed by atoms with van der Waals surface area (Å²) in [4.78, 5) is 13.5. The van der Waals surface area contributed by atoms with Crippen molar-refractivity contribution in [2.24, 2.45) is 5.92 Å². The highest BCUT2D eigenvalue weighted by Gasteiger charge is 2.28. The van der Waals surface area contributed by atoms with Crippen LogP contribution in [0.5, 0.6) is 0 Å². The van der Waals surface area contributed by atoms with Gasteiger partial charge in [0, 0.05) is 13.1 Å². The van der Waals surface area contributed by atoms with Crippen molar-refractivity contribution >= 4 is 6.09 Å². The van der Waals surface area contributed by atoms with Gasteiger partial charge in [0.15, 0.2) is 0 Å². The predicted molar refractivity (Wildman–Crippen MR) is 60.7 cm³/mol. The first-order chi connectivity index (χ1) is 6.92. The third kappa shape index (κ3) is 3.94. The van der Waals surface area contributed by atoms with E-state index in [0.717, 1.165) is 25.9 Å². The molecule has 0 spiro atoms. The maximum atomic E-state index is 11.7. The van der Waals surface area contributed by atoms with Gasteiger partial charge in [0.2, 0.25) is 0 Å². The fourth-order valence-corrected chi connectivity index (χ4v) is 1.75. The van der Waals surface area contributed by atoms with Crippen LogP contribution in [0.25, 0.3) is 0 Å². The molecule has 0 aromatic heterocycles. The van der Waals surface area contributed by atoms with Gasteiger partial charge in [-0.1, -0.05) is 6.08 Å². The van der Waals surface area contributed by atoms with Crippen LogP contribution < -0.4 is 0 Å². The summed E-state index contributed by atoms with van der Waals surface area (Å²) >= 11 is 0. The summed E-state index contributed by atoms with van der Waals surface area (Å²) in [6.07, 6.45) is 3.78. The van der Waals surface area contributed by atoms with Crippen molar-refractivity contribution in [1.29, 1.82) is 0 Å². The molecule has 1 aliphatic heterocycles. The highest BCUT2D eigenvalue weighted by atomic mass is 16.6. The number of allylic oxidation sites excluding steroid dienone is 1. The summed E-state index contributed by atoms with van der Waals surface area (Å²) in [6, 6.07) is 0. The van der Waals surface area contributed by atoms with Gasteiger partial charge in [0.25, 0.3) is 0 Å². The second kappa shape index (κ2) is 4.69. The number of carbonyl (C=O) groups is 1. The van der Waals surface area contributed by atoms with Crippen LogP contribution in [0, 0.1) is 5.92 Å². The van der Waals surface area contributed by atoms with Crippen LogP contribution in [0.2, 0.25) is 0 Å². The average molecular weight is 211 g/mol. The van der Waals surface area contributed by atoms with Crippen molar-refractivity contribution in [3.05, 3.63) is 12.7 Å². The van der Waals surface area contributed by atoms with Gasteiger partial charge < -0.3 is 9.64 Å². The van der Waals surface area contributed by atoms with Crippen molar-refractivity contribution in [2.45, 2.75) is 39.2 Å². The minimum Gasteiger partial charge on any atom is -0.444 e. The third-order valence-electron chi connectivity index (χ3n) is 2.44. The second-order valence-corrected chi connectivity index (χ2v) is 5.11. The largest absolute Gasteiger partial charge is 0.444 e. The van der Waals surface area contributed by atoms with E-state index in [9.17, 15) is 4.79 Å². The zero-order valence-electron chi connectivity index (χ0n) is 9.95. The molecule has 0 N–H and O–H groups in total. The number of carbonyl (C=O) groups excluding carboxylic acids is 1. The molecule has 0 aliphatic carbocycles. The molecule has 3 nitrogen and oxygen atoms in total. The first-order valence-corrected chi connectivity index (χ1v) is 5.51. The van der Waals surface area contributed by atoms with Gasteiger partial charge >= 0.3 is 6.09 Å². The van der Waals surface area contributed by atoms with Crippen molar-refractivity contribution in [3.8, 4) is 0 Å². The molecule has 0 saturated carbocycles. The lowest BCUT2D eigenvalue weighted by Gasteiger charge is -2.24. The Labute approximate surface area is 92.1 Å². The fourth-order valence-electron chi connectivity index (χ4n) is 1.75.